The first kappa shape index (κ1) is 37.0. The number of hydrogen-bond donors (Lipinski definition) is 1. The lowest BCUT2D eigenvalue weighted by Gasteiger charge is -2.27. The molecule has 0 spiro atoms. The van der Waals surface area contributed by atoms with Crippen LogP contribution in [0.15, 0.2) is 176 Å². The molecule has 0 radical (unpaired) electrons. The van der Waals surface area contributed by atoms with Crippen molar-refractivity contribution in [2.75, 3.05) is 4.90 Å². The van der Waals surface area contributed by atoms with E-state index in [1.807, 2.05) is 89.2 Å². The molecule has 294 valence electrons. The highest BCUT2D eigenvalue weighted by Crippen LogP contribution is 2.41. The van der Waals surface area contributed by atoms with Crippen LogP contribution in [0.5, 0.6) is 0 Å². The second-order valence-electron chi connectivity index (χ2n) is 15.0. The summed E-state index contributed by atoms with van der Waals surface area (Å²) >= 11 is 0. The van der Waals surface area contributed by atoms with Gasteiger partial charge >= 0.3 is 12.4 Å². The lowest BCUT2D eigenvalue weighted by molar-refractivity contribution is -0.138. The van der Waals surface area contributed by atoms with E-state index in [1.54, 1.807) is 0 Å². The minimum atomic E-state index is -4.43. The van der Waals surface area contributed by atoms with Crippen molar-refractivity contribution in [3.63, 3.8) is 0 Å². The molecule has 0 saturated heterocycles. The number of nitrogens with zero attached hydrogens (tertiary/aromatic N) is 2. The lowest BCUT2D eigenvalue weighted by atomic mass is 9.98. The van der Waals surface area contributed by atoms with Crippen LogP contribution in [-0.4, -0.2) is 9.55 Å². The van der Waals surface area contributed by atoms with E-state index in [2.05, 4.69) is 59.6 Å². The summed E-state index contributed by atoms with van der Waals surface area (Å²) in [6.45, 7) is 2.01. The molecule has 10 rings (SSSR count). The third-order valence-corrected chi connectivity index (χ3v) is 11.3. The number of H-pyrrole nitrogens is 1. The molecule has 10 aromatic rings. The maximum absolute atomic E-state index is 13.4. The first-order chi connectivity index (χ1) is 28.9. The highest BCUT2D eigenvalue weighted by Gasteiger charge is 2.31. The van der Waals surface area contributed by atoms with Gasteiger partial charge in [0.05, 0.1) is 22.2 Å². The molecule has 0 bridgehead atoms. The van der Waals surface area contributed by atoms with Crippen molar-refractivity contribution < 1.29 is 26.3 Å². The number of fused-ring (bicyclic) bond motifs is 6. The third-order valence-electron chi connectivity index (χ3n) is 11.3. The van der Waals surface area contributed by atoms with Gasteiger partial charge in [0.25, 0.3) is 0 Å². The average Bonchev–Trinajstić information content (AvgIpc) is 3.79. The lowest BCUT2D eigenvalue weighted by Crippen LogP contribution is -2.12. The van der Waals surface area contributed by atoms with Gasteiger partial charge in [0.15, 0.2) is 0 Å². The number of aryl methyl sites for hydroxylation is 1. The van der Waals surface area contributed by atoms with Gasteiger partial charge in [-0.2, -0.15) is 26.3 Å². The highest BCUT2D eigenvalue weighted by molar-refractivity contribution is 6.12. The molecule has 0 atom stereocenters. The number of aromatic nitrogens is 2. The Morgan fingerprint density at radius 1 is 0.433 bits per heavy atom. The second-order valence-corrected chi connectivity index (χ2v) is 15.0. The molecule has 9 heteroatoms. The topological polar surface area (TPSA) is 24.0 Å². The van der Waals surface area contributed by atoms with Gasteiger partial charge < -0.3 is 14.5 Å². The van der Waals surface area contributed by atoms with Crippen molar-refractivity contribution in [2.24, 2.45) is 0 Å². The summed E-state index contributed by atoms with van der Waals surface area (Å²) in [4.78, 5) is 5.52. The van der Waals surface area contributed by atoms with Crippen LogP contribution in [-0.2, 0) is 12.4 Å². The number of nitrogens with one attached hydrogen (secondary N) is 1. The van der Waals surface area contributed by atoms with Gasteiger partial charge in [0.1, 0.15) is 0 Å². The number of hydrogen-bond acceptors (Lipinski definition) is 1. The summed E-state index contributed by atoms with van der Waals surface area (Å²) in [5.41, 5.74) is 10.3. The van der Waals surface area contributed by atoms with Crippen LogP contribution in [0.3, 0.4) is 0 Å². The van der Waals surface area contributed by atoms with E-state index in [1.165, 1.54) is 24.3 Å². The number of aromatic amines is 1. The fourth-order valence-electron chi connectivity index (χ4n) is 8.38. The predicted octanol–water partition coefficient (Wildman–Crippen LogP) is 15.6. The first-order valence-electron chi connectivity index (χ1n) is 19.3. The van der Waals surface area contributed by atoms with Gasteiger partial charge in [-0.3, -0.25) is 0 Å². The number of alkyl halides is 6. The summed E-state index contributed by atoms with van der Waals surface area (Å²) in [7, 11) is 0. The molecular weight excluding hydrogens is 769 g/mol. The summed E-state index contributed by atoms with van der Waals surface area (Å²) in [5, 5.41) is 4.11. The summed E-state index contributed by atoms with van der Waals surface area (Å²) in [5.74, 6) is 0. The van der Waals surface area contributed by atoms with Crippen LogP contribution in [0.1, 0.15) is 16.7 Å². The zero-order valence-corrected chi connectivity index (χ0v) is 31.9. The van der Waals surface area contributed by atoms with Crippen LogP contribution in [0, 0.1) is 6.92 Å². The number of benzene rings is 8. The zero-order chi connectivity index (χ0) is 41.3. The molecule has 0 aliphatic rings. The Bertz CT molecular complexity index is 3230. The minimum absolute atomic E-state index is 0.616. The first-order valence-corrected chi connectivity index (χ1v) is 19.3. The van der Waals surface area contributed by atoms with E-state index in [9.17, 15) is 26.3 Å². The van der Waals surface area contributed by atoms with E-state index in [0.717, 1.165) is 107 Å². The summed E-state index contributed by atoms with van der Waals surface area (Å²) < 4.78 is 82.5. The fourth-order valence-corrected chi connectivity index (χ4v) is 8.38. The van der Waals surface area contributed by atoms with Crippen LogP contribution < -0.4 is 4.90 Å². The highest BCUT2D eigenvalue weighted by atomic mass is 19.4. The van der Waals surface area contributed by atoms with Crippen molar-refractivity contribution in [3.05, 3.63) is 193 Å². The average molecular weight is 802 g/mol. The third kappa shape index (κ3) is 6.43. The Balaban J connectivity index is 1.02. The van der Waals surface area contributed by atoms with Gasteiger partial charge in [0, 0.05) is 55.3 Å². The molecule has 2 aromatic heterocycles. The molecule has 0 amide bonds. The van der Waals surface area contributed by atoms with Crippen molar-refractivity contribution in [1.82, 2.24) is 9.55 Å². The van der Waals surface area contributed by atoms with Crippen molar-refractivity contribution in [1.29, 1.82) is 0 Å². The Hall–Kier alpha value is -7.26. The van der Waals surface area contributed by atoms with Crippen LogP contribution >= 0.6 is 0 Å². The molecule has 1 N–H and O–H groups in total. The summed E-state index contributed by atoms with van der Waals surface area (Å²) in [6.07, 6.45) is -8.84. The van der Waals surface area contributed by atoms with Crippen molar-refractivity contribution >= 4 is 60.7 Å². The van der Waals surface area contributed by atoms with Gasteiger partial charge in [-0.25, -0.2) is 0 Å². The van der Waals surface area contributed by atoms with Crippen molar-refractivity contribution in [3.8, 4) is 27.9 Å². The summed E-state index contributed by atoms with van der Waals surface area (Å²) in [6, 6.07) is 53.1. The second kappa shape index (κ2) is 13.9. The molecule has 3 nitrogen and oxygen atoms in total. The molecule has 8 aromatic carbocycles. The van der Waals surface area contributed by atoms with Gasteiger partial charge in [-0.15, -0.1) is 0 Å². The molecule has 60 heavy (non-hydrogen) atoms. The normalized spacial score (nSPS) is 12.2. The largest absolute Gasteiger partial charge is 0.416 e. The molecule has 0 fully saturated rings. The van der Waals surface area contributed by atoms with Crippen molar-refractivity contribution in [2.45, 2.75) is 19.3 Å². The number of para-hydroxylation sites is 2. The smallest absolute Gasteiger partial charge is 0.355 e. The Morgan fingerprint density at radius 3 is 1.52 bits per heavy atom. The van der Waals surface area contributed by atoms with E-state index >= 15 is 0 Å². The maximum Gasteiger partial charge on any atom is 0.416 e. The molecule has 0 unspecified atom stereocenters. The molecule has 0 aliphatic heterocycles. The SMILES string of the molecule is Cc1cc(-c2ccc3[nH]c4ccc(-c5ccc6c(c5)c5ccccc5n6-c5ccc(C(F)(F)F)cc5)cc4c3c2)ccc1N(c1ccccc1)c1ccc(C(F)(F)F)cc1. The fraction of sp³-hybridized carbons (Fsp3) is 0.0588. The standard InChI is InChI=1S/C51H33F6N3/c1-31-27-32(13-25-47(31)59(38-7-3-2-4-8-38)39-19-15-36(16-20-39)50(52,53)54)33-11-23-45-42(28-33)43-29-34(12-24-46(43)58-45)35-14-26-49-44(30-35)41-9-5-6-10-48(41)60(49)40-21-17-37(18-22-40)51(55,56)57/h2-30,58H,1H3. The van der Waals surface area contributed by atoms with Gasteiger partial charge in [0.2, 0.25) is 0 Å². The zero-order valence-electron chi connectivity index (χ0n) is 31.9. The van der Waals surface area contributed by atoms with Gasteiger partial charge in [-0.05, 0) is 150 Å². The molecule has 0 saturated carbocycles. The monoisotopic (exact) mass is 801 g/mol. The molecule has 2 heterocycles. The van der Waals surface area contributed by atoms with Crippen LogP contribution in [0.2, 0.25) is 0 Å². The quantitative estimate of drug-likeness (QED) is 0.166. The van der Waals surface area contributed by atoms with Gasteiger partial charge in [-0.1, -0.05) is 60.7 Å². The Labute approximate surface area is 340 Å². The maximum atomic E-state index is 13.4. The Kier molecular flexibility index (Phi) is 8.61. The minimum Gasteiger partial charge on any atom is -0.355 e. The van der Waals surface area contributed by atoms with E-state index in [-0.39, 0.29) is 0 Å². The molecular formula is C51H33F6N3. The predicted molar refractivity (Wildman–Crippen MR) is 230 cm³/mol. The number of rotatable bonds is 6. The Morgan fingerprint density at radius 2 is 0.917 bits per heavy atom. The van der Waals surface area contributed by atoms with E-state index < -0.39 is 23.5 Å². The van der Waals surface area contributed by atoms with E-state index in [4.69, 9.17) is 0 Å². The van der Waals surface area contributed by atoms with Crippen LogP contribution in [0.4, 0.5) is 43.4 Å². The van der Waals surface area contributed by atoms with E-state index in [0.29, 0.717) is 11.4 Å². The number of halogens is 6. The molecule has 0 aliphatic carbocycles. The number of anilines is 3. The van der Waals surface area contributed by atoms with Crippen LogP contribution in [0.25, 0.3) is 71.6 Å².